The minimum absolute atomic E-state index is 0.00283. The van der Waals surface area contributed by atoms with Gasteiger partial charge in [-0.25, -0.2) is 4.99 Å². The number of unbranched alkanes of at least 4 members (excludes halogenated alkanes) is 1. The molecule has 2 heterocycles. The third kappa shape index (κ3) is 3.00. The molecule has 1 aliphatic rings. The van der Waals surface area contributed by atoms with Gasteiger partial charge in [-0.1, -0.05) is 31.9 Å². The van der Waals surface area contributed by atoms with Crippen LogP contribution in [0.5, 0.6) is 0 Å². The third-order valence-corrected chi connectivity index (χ3v) is 4.48. The summed E-state index contributed by atoms with van der Waals surface area (Å²) in [5.41, 5.74) is 1.08. The molecule has 2 rings (SSSR count). The maximum absolute atomic E-state index is 7.75. The van der Waals surface area contributed by atoms with E-state index in [4.69, 9.17) is 22.0 Å². The molecule has 1 aliphatic heterocycles. The molecule has 0 amide bonds. The molecule has 3 nitrogen and oxygen atoms in total. The number of hydrogen-bond acceptors (Lipinski definition) is 4. The molecule has 0 saturated heterocycles. The van der Waals surface area contributed by atoms with Gasteiger partial charge in [0.15, 0.2) is 0 Å². The highest BCUT2D eigenvalue weighted by atomic mass is 35.5. The van der Waals surface area contributed by atoms with Crippen molar-refractivity contribution in [1.29, 1.82) is 5.41 Å². The molecule has 0 fully saturated rings. The number of amidine groups is 1. The van der Waals surface area contributed by atoms with Gasteiger partial charge in [-0.15, -0.1) is 11.3 Å². The first-order chi connectivity index (χ1) is 9.21. The summed E-state index contributed by atoms with van der Waals surface area (Å²) < 4.78 is 0.758. The van der Waals surface area contributed by atoms with E-state index < -0.39 is 0 Å². The van der Waals surface area contributed by atoms with Crippen molar-refractivity contribution in [3.05, 3.63) is 16.0 Å². The Bertz CT molecular complexity index is 481. The van der Waals surface area contributed by atoms with Gasteiger partial charge in [-0.3, -0.25) is 0 Å². The number of thiophene rings is 1. The number of halogens is 1. The molecule has 1 atom stereocenters. The second-order valence-electron chi connectivity index (χ2n) is 4.75. The molecular formula is C14H20ClN3S. The van der Waals surface area contributed by atoms with Crippen molar-refractivity contribution in [2.45, 2.75) is 45.6 Å². The summed E-state index contributed by atoms with van der Waals surface area (Å²) in [6.45, 7) is 5.29. The molecule has 0 aromatic carbocycles. The van der Waals surface area contributed by atoms with E-state index in [-0.39, 0.29) is 6.04 Å². The molecule has 19 heavy (non-hydrogen) atoms. The van der Waals surface area contributed by atoms with Gasteiger partial charge in [0, 0.05) is 24.7 Å². The Kier molecular flexibility index (Phi) is 4.99. The third-order valence-electron chi connectivity index (χ3n) is 3.30. The maximum atomic E-state index is 7.75. The molecule has 0 saturated carbocycles. The Morgan fingerprint density at radius 3 is 2.89 bits per heavy atom. The van der Waals surface area contributed by atoms with Gasteiger partial charge in [0.05, 0.1) is 10.4 Å². The van der Waals surface area contributed by atoms with E-state index in [1.54, 1.807) is 0 Å². The van der Waals surface area contributed by atoms with Gasteiger partial charge in [-0.05, 0) is 18.9 Å². The fraction of sp³-hybridized carbons (Fsp3) is 0.571. The lowest BCUT2D eigenvalue weighted by Gasteiger charge is -2.35. The van der Waals surface area contributed by atoms with Crippen molar-refractivity contribution in [2.75, 3.05) is 6.54 Å². The van der Waals surface area contributed by atoms with Crippen LogP contribution in [-0.2, 0) is 0 Å². The molecule has 1 aromatic rings. The Hall–Kier alpha value is -0.870. The van der Waals surface area contributed by atoms with Gasteiger partial charge >= 0.3 is 0 Å². The number of hydrogen-bond donors (Lipinski definition) is 1. The van der Waals surface area contributed by atoms with Crippen molar-refractivity contribution >= 4 is 40.0 Å². The predicted octanol–water partition coefficient (Wildman–Crippen LogP) is 5.04. The van der Waals surface area contributed by atoms with E-state index in [2.05, 4.69) is 18.7 Å². The van der Waals surface area contributed by atoms with Gasteiger partial charge in [0.1, 0.15) is 10.8 Å². The molecule has 5 heteroatoms. The van der Waals surface area contributed by atoms with Crippen LogP contribution in [0.15, 0.2) is 11.1 Å². The van der Waals surface area contributed by atoms with E-state index in [1.807, 2.05) is 6.07 Å². The van der Waals surface area contributed by atoms with Crippen molar-refractivity contribution in [3.8, 4) is 0 Å². The molecular weight excluding hydrogens is 278 g/mol. The lowest BCUT2D eigenvalue weighted by molar-refractivity contribution is 0.372. The topological polar surface area (TPSA) is 39.5 Å². The number of nitrogens with one attached hydrogen (secondary N) is 1. The van der Waals surface area contributed by atoms with Crippen molar-refractivity contribution < 1.29 is 0 Å². The fourth-order valence-corrected chi connectivity index (χ4v) is 3.55. The van der Waals surface area contributed by atoms with Crippen molar-refractivity contribution in [3.63, 3.8) is 0 Å². The Balaban J connectivity index is 2.37. The average molecular weight is 298 g/mol. The molecule has 104 valence electrons. The van der Waals surface area contributed by atoms with E-state index in [9.17, 15) is 0 Å². The van der Waals surface area contributed by atoms with E-state index >= 15 is 0 Å². The standard InChI is InChI=1S/C14H20ClN3S/c1-3-5-6-13-17-14-10(8-12(15)19-14)11(9-16)18(13)7-4-2/h8-9,11,16H,3-7H2,1-2H3. The van der Waals surface area contributed by atoms with Crippen LogP contribution in [0.2, 0.25) is 4.34 Å². The minimum Gasteiger partial charge on any atom is -0.348 e. The van der Waals surface area contributed by atoms with Crippen LogP contribution in [0.3, 0.4) is 0 Å². The van der Waals surface area contributed by atoms with E-state index in [0.29, 0.717) is 0 Å². The van der Waals surface area contributed by atoms with Crippen LogP contribution < -0.4 is 0 Å². The molecule has 1 N–H and O–H groups in total. The zero-order valence-electron chi connectivity index (χ0n) is 11.4. The average Bonchev–Trinajstić information content (AvgIpc) is 2.76. The Labute approximate surface area is 123 Å². The van der Waals surface area contributed by atoms with Crippen LogP contribution in [0, 0.1) is 5.41 Å². The molecule has 0 radical (unpaired) electrons. The van der Waals surface area contributed by atoms with Crippen molar-refractivity contribution in [1.82, 2.24) is 4.90 Å². The van der Waals surface area contributed by atoms with Gasteiger partial charge < -0.3 is 10.3 Å². The lowest BCUT2D eigenvalue weighted by atomic mass is 10.1. The largest absolute Gasteiger partial charge is 0.348 e. The quantitative estimate of drug-likeness (QED) is 0.734. The second kappa shape index (κ2) is 6.53. The highest BCUT2D eigenvalue weighted by Gasteiger charge is 2.29. The molecule has 0 aliphatic carbocycles. The van der Waals surface area contributed by atoms with E-state index in [0.717, 1.165) is 53.0 Å². The van der Waals surface area contributed by atoms with Crippen molar-refractivity contribution in [2.24, 2.45) is 4.99 Å². The Morgan fingerprint density at radius 2 is 2.26 bits per heavy atom. The fourth-order valence-electron chi connectivity index (χ4n) is 2.40. The lowest BCUT2D eigenvalue weighted by Crippen LogP contribution is -2.38. The first kappa shape index (κ1) is 14.5. The van der Waals surface area contributed by atoms with Gasteiger partial charge in [-0.2, -0.15) is 0 Å². The number of nitrogens with zero attached hydrogens (tertiary/aromatic N) is 2. The van der Waals surface area contributed by atoms with Crippen LogP contribution in [0.1, 0.15) is 51.1 Å². The SMILES string of the molecule is CCCCC1=Nc2sc(Cl)cc2C(C=N)N1CCC. The molecule has 0 bridgehead atoms. The summed E-state index contributed by atoms with van der Waals surface area (Å²) in [6, 6.07) is 1.96. The normalized spacial score (nSPS) is 18.2. The first-order valence-electron chi connectivity index (χ1n) is 6.85. The number of rotatable bonds is 6. The summed E-state index contributed by atoms with van der Waals surface area (Å²) in [6.07, 6.45) is 5.85. The second-order valence-corrected chi connectivity index (χ2v) is 6.41. The summed E-state index contributed by atoms with van der Waals surface area (Å²) in [5, 5.41) is 8.74. The monoisotopic (exact) mass is 297 g/mol. The summed E-state index contributed by atoms with van der Waals surface area (Å²) in [7, 11) is 0. The van der Waals surface area contributed by atoms with Crippen LogP contribution in [0.4, 0.5) is 5.00 Å². The minimum atomic E-state index is 0.00283. The predicted molar refractivity (Wildman–Crippen MR) is 84.5 cm³/mol. The highest BCUT2D eigenvalue weighted by molar-refractivity contribution is 7.19. The Morgan fingerprint density at radius 1 is 1.47 bits per heavy atom. The smallest absolute Gasteiger partial charge is 0.125 e. The zero-order valence-corrected chi connectivity index (χ0v) is 13.0. The summed E-state index contributed by atoms with van der Waals surface area (Å²) in [4.78, 5) is 7.03. The zero-order chi connectivity index (χ0) is 13.8. The molecule has 1 aromatic heterocycles. The summed E-state index contributed by atoms with van der Waals surface area (Å²) >= 11 is 7.62. The van der Waals surface area contributed by atoms with Gasteiger partial charge in [0.25, 0.3) is 0 Å². The van der Waals surface area contributed by atoms with Crippen LogP contribution in [-0.4, -0.2) is 23.5 Å². The summed E-state index contributed by atoms with van der Waals surface area (Å²) in [5.74, 6) is 1.11. The van der Waals surface area contributed by atoms with Crippen LogP contribution in [0.25, 0.3) is 0 Å². The van der Waals surface area contributed by atoms with Gasteiger partial charge in [0.2, 0.25) is 0 Å². The molecule has 0 spiro atoms. The van der Waals surface area contributed by atoms with Crippen LogP contribution >= 0.6 is 22.9 Å². The molecule has 1 unspecified atom stereocenters. The maximum Gasteiger partial charge on any atom is 0.125 e. The van der Waals surface area contributed by atoms with E-state index in [1.165, 1.54) is 17.6 Å². The number of fused-ring (bicyclic) bond motifs is 1. The number of aliphatic imine (C=N–C) groups is 1. The highest BCUT2D eigenvalue weighted by Crippen LogP contribution is 2.42. The first-order valence-corrected chi connectivity index (χ1v) is 8.04.